The fraction of sp³-hybridized carbons (Fsp3) is 0.600. The molecule has 1 heterocycles. The van der Waals surface area contributed by atoms with Crippen LogP contribution in [-0.4, -0.2) is 23.6 Å². The van der Waals surface area contributed by atoms with E-state index in [2.05, 4.69) is 27.2 Å². The zero-order valence-corrected chi connectivity index (χ0v) is 9.14. The molecule has 0 aromatic carbocycles. The first-order chi connectivity index (χ1) is 7.20. The molecule has 1 fully saturated rings. The summed E-state index contributed by atoms with van der Waals surface area (Å²) in [6.07, 6.45) is 3.04. The number of hydrazine groups is 1. The van der Waals surface area contributed by atoms with Crippen molar-refractivity contribution in [3.8, 4) is 0 Å². The predicted octanol–water partition coefficient (Wildman–Crippen LogP) is 0.854. The van der Waals surface area contributed by atoms with Crippen LogP contribution in [0.25, 0.3) is 0 Å². The fourth-order valence-electron chi connectivity index (χ4n) is 1.73. The molecule has 1 aliphatic rings. The van der Waals surface area contributed by atoms with Crippen LogP contribution in [0.2, 0.25) is 0 Å². The fourth-order valence-corrected chi connectivity index (χ4v) is 1.73. The summed E-state index contributed by atoms with van der Waals surface area (Å²) in [4.78, 5) is 10.4. The van der Waals surface area contributed by atoms with Gasteiger partial charge in [-0.3, -0.25) is 5.43 Å². The van der Waals surface area contributed by atoms with Crippen molar-refractivity contribution in [3.05, 3.63) is 12.3 Å². The van der Waals surface area contributed by atoms with E-state index in [-0.39, 0.29) is 0 Å². The van der Waals surface area contributed by atoms with Gasteiger partial charge >= 0.3 is 0 Å². The van der Waals surface area contributed by atoms with Gasteiger partial charge in [0.25, 0.3) is 0 Å². The third-order valence-electron chi connectivity index (χ3n) is 2.95. The lowest BCUT2D eigenvalue weighted by atomic mass is 10.3. The Morgan fingerprint density at radius 3 is 3.00 bits per heavy atom. The first-order valence-electron chi connectivity index (χ1n) is 5.21. The Kier molecular flexibility index (Phi) is 2.73. The maximum absolute atomic E-state index is 5.26. The van der Waals surface area contributed by atoms with Crippen LogP contribution in [0.5, 0.6) is 0 Å². The number of nitrogens with one attached hydrogen (secondary N) is 1. The molecule has 2 rings (SSSR count). The second-order valence-electron chi connectivity index (χ2n) is 4.24. The quantitative estimate of drug-likeness (QED) is 0.566. The summed E-state index contributed by atoms with van der Waals surface area (Å²) < 4.78 is 0. The Labute approximate surface area is 89.7 Å². The highest BCUT2D eigenvalue weighted by atomic mass is 15.3. The zero-order chi connectivity index (χ0) is 10.8. The molecule has 0 aliphatic heterocycles. The molecule has 82 valence electrons. The topological polar surface area (TPSA) is 67.1 Å². The van der Waals surface area contributed by atoms with Gasteiger partial charge in [0.15, 0.2) is 0 Å². The van der Waals surface area contributed by atoms with E-state index in [9.17, 15) is 0 Å². The van der Waals surface area contributed by atoms with Crippen molar-refractivity contribution in [2.24, 2.45) is 17.7 Å². The number of nitrogen functional groups attached to an aromatic ring is 1. The van der Waals surface area contributed by atoms with Crippen molar-refractivity contribution in [2.45, 2.75) is 13.3 Å². The van der Waals surface area contributed by atoms with Crippen LogP contribution in [0.4, 0.5) is 11.8 Å². The minimum Gasteiger partial charge on any atom is -0.359 e. The van der Waals surface area contributed by atoms with E-state index in [0.717, 1.165) is 24.2 Å². The molecule has 0 spiro atoms. The Hall–Kier alpha value is -1.36. The highest BCUT2D eigenvalue weighted by Gasteiger charge is 2.33. The summed E-state index contributed by atoms with van der Waals surface area (Å²) in [5, 5.41) is 0. The van der Waals surface area contributed by atoms with Crippen molar-refractivity contribution in [3.63, 3.8) is 0 Å². The number of nitrogens with two attached hydrogens (primary N) is 1. The molecule has 0 amide bonds. The van der Waals surface area contributed by atoms with E-state index >= 15 is 0 Å². The largest absolute Gasteiger partial charge is 0.359 e. The van der Waals surface area contributed by atoms with E-state index in [1.165, 1.54) is 6.42 Å². The van der Waals surface area contributed by atoms with Gasteiger partial charge in [-0.05, 0) is 24.3 Å². The third-order valence-corrected chi connectivity index (χ3v) is 2.95. The molecule has 1 aromatic rings. The summed E-state index contributed by atoms with van der Waals surface area (Å²) >= 11 is 0. The van der Waals surface area contributed by atoms with Gasteiger partial charge in [0.1, 0.15) is 5.82 Å². The Bertz CT molecular complexity index is 340. The second-order valence-corrected chi connectivity index (χ2v) is 4.24. The average molecular weight is 207 g/mol. The number of hydrogen-bond donors (Lipinski definition) is 2. The molecule has 3 N–H and O–H groups in total. The summed E-state index contributed by atoms with van der Waals surface area (Å²) in [6.45, 7) is 3.34. The van der Waals surface area contributed by atoms with Crippen molar-refractivity contribution >= 4 is 11.8 Å². The molecule has 1 aromatic heterocycles. The van der Waals surface area contributed by atoms with Gasteiger partial charge < -0.3 is 4.90 Å². The lowest BCUT2D eigenvalue weighted by molar-refractivity contribution is 0.719. The molecule has 2 unspecified atom stereocenters. The molecule has 15 heavy (non-hydrogen) atoms. The molecule has 1 saturated carbocycles. The molecular weight excluding hydrogens is 190 g/mol. The Balaban J connectivity index is 2.00. The predicted molar refractivity (Wildman–Crippen MR) is 60.4 cm³/mol. The molecule has 5 nitrogen and oxygen atoms in total. The molecule has 0 radical (unpaired) electrons. The number of nitrogens with zero attached hydrogens (tertiary/aromatic N) is 3. The lowest BCUT2D eigenvalue weighted by Crippen LogP contribution is -2.22. The van der Waals surface area contributed by atoms with E-state index in [4.69, 9.17) is 5.84 Å². The van der Waals surface area contributed by atoms with Gasteiger partial charge in [-0.2, -0.15) is 4.98 Å². The van der Waals surface area contributed by atoms with Crippen LogP contribution in [0, 0.1) is 11.8 Å². The minimum atomic E-state index is 0.461. The van der Waals surface area contributed by atoms with Crippen LogP contribution in [0.3, 0.4) is 0 Å². The van der Waals surface area contributed by atoms with Gasteiger partial charge in [-0.25, -0.2) is 10.8 Å². The van der Waals surface area contributed by atoms with E-state index in [1.54, 1.807) is 6.20 Å². The van der Waals surface area contributed by atoms with Gasteiger partial charge in [-0.15, -0.1) is 0 Å². The van der Waals surface area contributed by atoms with Crippen molar-refractivity contribution in [1.29, 1.82) is 0 Å². The number of rotatable bonds is 4. The van der Waals surface area contributed by atoms with Crippen molar-refractivity contribution < 1.29 is 0 Å². The van der Waals surface area contributed by atoms with E-state index < -0.39 is 0 Å². The molecule has 0 saturated heterocycles. The maximum atomic E-state index is 5.26. The third kappa shape index (κ3) is 2.36. The summed E-state index contributed by atoms with van der Waals surface area (Å²) in [5.41, 5.74) is 2.45. The normalized spacial score (nSPS) is 23.7. The molecule has 1 aliphatic carbocycles. The number of aromatic nitrogens is 2. The van der Waals surface area contributed by atoms with Crippen molar-refractivity contribution in [2.75, 3.05) is 23.9 Å². The Morgan fingerprint density at radius 2 is 2.40 bits per heavy atom. The summed E-state index contributed by atoms with van der Waals surface area (Å²) in [6, 6.07) is 1.90. The SMILES string of the molecule is CC1CC1CN(C)c1ccnc(NN)n1. The van der Waals surface area contributed by atoms with E-state index in [1.807, 2.05) is 13.1 Å². The van der Waals surface area contributed by atoms with Crippen molar-refractivity contribution in [1.82, 2.24) is 9.97 Å². The minimum absolute atomic E-state index is 0.461. The lowest BCUT2D eigenvalue weighted by Gasteiger charge is -2.18. The van der Waals surface area contributed by atoms with Crippen LogP contribution in [-0.2, 0) is 0 Å². The van der Waals surface area contributed by atoms with Gasteiger partial charge in [-0.1, -0.05) is 6.92 Å². The number of hydrogen-bond acceptors (Lipinski definition) is 5. The smallest absolute Gasteiger partial charge is 0.239 e. The van der Waals surface area contributed by atoms with E-state index in [0.29, 0.717) is 5.95 Å². The highest BCUT2D eigenvalue weighted by molar-refractivity contribution is 5.41. The van der Waals surface area contributed by atoms with Gasteiger partial charge in [0, 0.05) is 19.8 Å². The van der Waals surface area contributed by atoms with Gasteiger partial charge in [0.05, 0.1) is 0 Å². The zero-order valence-electron chi connectivity index (χ0n) is 9.14. The number of anilines is 2. The molecule has 0 bridgehead atoms. The monoisotopic (exact) mass is 207 g/mol. The molecule has 5 heteroatoms. The summed E-state index contributed by atoms with van der Waals surface area (Å²) in [5.74, 6) is 8.32. The molecular formula is C10H17N5. The summed E-state index contributed by atoms with van der Waals surface area (Å²) in [7, 11) is 2.05. The standard InChI is InChI=1S/C10H17N5/c1-7-5-8(7)6-15(2)9-3-4-12-10(13-9)14-11/h3-4,7-8H,5-6,11H2,1-2H3,(H,12,13,14). The average Bonchev–Trinajstić information content (AvgIpc) is 2.94. The maximum Gasteiger partial charge on any atom is 0.239 e. The van der Waals surface area contributed by atoms with Crippen LogP contribution in [0.15, 0.2) is 12.3 Å². The van der Waals surface area contributed by atoms with Crippen LogP contribution >= 0.6 is 0 Å². The Morgan fingerprint density at radius 1 is 1.67 bits per heavy atom. The first kappa shape index (κ1) is 10.2. The second kappa shape index (κ2) is 4.02. The molecule has 2 atom stereocenters. The first-order valence-corrected chi connectivity index (χ1v) is 5.21. The van der Waals surface area contributed by atoms with Crippen LogP contribution in [0.1, 0.15) is 13.3 Å². The van der Waals surface area contributed by atoms with Gasteiger partial charge in [0.2, 0.25) is 5.95 Å². The highest BCUT2D eigenvalue weighted by Crippen LogP contribution is 2.38. The van der Waals surface area contributed by atoms with Crippen LogP contribution < -0.4 is 16.2 Å².